The van der Waals surface area contributed by atoms with Crippen molar-refractivity contribution in [2.24, 2.45) is 11.7 Å². The highest BCUT2D eigenvalue weighted by Gasteiger charge is 2.10. The fourth-order valence-corrected chi connectivity index (χ4v) is 0.906. The normalized spacial score (nSPS) is 12.2. The molecule has 0 bridgehead atoms. The molecule has 0 spiro atoms. The predicted molar refractivity (Wildman–Crippen MR) is 53.2 cm³/mol. The molecule has 76 valence electrons. The summed E-state index contributed by atoms with van der Waals surface area (Å²) in [6.45, 7) is 2.03. The molecule has 1 aromatic rings. The summed E-state index contributed by atoms with van der Waals surface area (Å²) in [7, 11) is 0. The highest BCUT2D eigenvalue weighted by atomic mass is 19.1. The van der Waals surface area contributed by atoms with Crippen LogP contribution in [0.15, 0.2) is 24.3 Å². The van der Waals surface area contributed by atoms with Crippen molar-refractivity contribution in [2.75, 3.05) is 11.9 Å². The molecular weight excluding hydrogens is 183 g/mol. The molecule has 3 nitrogen and oxygen atoms in total. The Morgan fingerprint density at radius 1 is 1.50 bits per heavy atom. The Labute approximate surface area is 82.1 Å². The van der Waals surface area contributed by atoms with Gasteiger partial charge in [0.2, 0.25) is 5.91 Å². The van der Waals surface area contributed by atoms with Gasteiger partial charge in [-0.05, 0) is 24.3 Å². The molecule has 0 saturated carbocycles. The first kappa shape index (κ1) is 10.7. The van der Waals surface area contributed by atoms with Crippen LogP contribution in [0.25, 0.3) is 0 Å². The number of carbonyl (C=O) groups excluding carboxylic acids is 1. The predicted octanol–water partition coefficient (Wildman–Crippen LogP) is 1.36. The largest absolute Gasteiger partial charge is 0.330 e. The summed E-state index contributed by atoms with van der Waals surface area (Å²) in [5, 5.41) is 2.63. The smallest absolute Gasteiger partial charge is 0.228 e. The zero-order chi connectivity index (χ0) is 10.6. The number of carbonyl (C=O) groups is 1. The number of rotatable bonds is 3. The molecule has 0 radical (unpaired) electrons. The second-order valence-electron chi connectivity index (χ2n) is 3.13. The van der Waals surface area contributed by atoms with Gasteiger partial charge < -0.3 is 11.1 Å². The van der Waals surface area contributed by atoms with Gasteiger partial charge in [0.15, 0.2) is 0 Å². The second kappa shape index (κ2) is 4.72. The van der Waals surface area contributed by atoms with Crippen molar-refractivity contribution in [1.82, 2.24) is 0 Å². The molecule has 1 atom stereocenters. The van der Waals surface area contributed by atoms with Crippen molar-refractivity contribution < 1.29 is 9.18 Å². The Bertz CT molecular complexity index is 310. The molecule has 0 saturated heterocycles. The number of hydrogen-bond acceptors (Lipinski definition) is 2. The Kier molecular flexibility index (Phi) is 3.59. The fraction of sp³-hybridized carbons (Fsp3) is 0.300. The lowest BCUT2D eigenvalue weighted by Gasteiger charge is -2.09. The van der Waals surface area contributed by atoms with Gasteiger partial charge in [-0.1, -0.05) is 6.92 Å². The van der Waals surface area contributed by atoms with Crippen LogP contribution >= 0.6 is 0 Å². The third-order valence-corrected chi connectivity index (χ3v) is 1.91. The second-order valence-corrected chi connectivity index (χ2v) is 3.13. The maximum absolute atomic E-state index is 12.5. The van der Waals surface area contributed by atoms with E-state index in [1.165, 1.54) is 24.3 Å². The van der Waals surface area contributed by atoms with Gasteiger partial charge in [0.05, 0.1) is 0 Å². The minimum atomic E-state index is -0.324. The van der Waals surface area contributed by atoms with Crippen molar-refractivity contribution in [3.05, 3.63) is 30.1 Å². The molecule has 4 heteroatoms. The molecule has 0 aliphatic rings. The molecule has 0 aliphatic heterocycles. The van der Waals surface area contributed by atoms with E-state index in [-0.39, 0.29) is 17.6 Å². The van der Waals surface area contributed by atoms with E-state index < -0.39 is 0 Å². The SMILES string of the molecule is CC(CN)C(=O)Nc1ccc(F)cc1. The van der Waals surface area contributed by atoms with Gasteiger partial charge in [0.1, 0.15) is 5.82 Å². The molecule has 14 heavy (non-hydrogen) atoms. The summed E-state index contributed by atoms with van der Waals surface area (Å²) in [6, 6.07) is 5.61. The molecule has 0 heterocycles. The average molecular weight is 196 g/mol. The molecule has 1 rings (SSSR count). The van der Waals surface area contributed by atoms with Crippen LogP contribution < -0.4 is 11.1 Å². The van der Waals surface area contributed by atoms with E-state index in [0.29, 0.717) is 12.2 Å². The topological polar surface area (TPSA) is 55.1 Å². The molecular formula is C10H13FN2O. The minimum absolute atomic E-state index is 0.154. The van der Waals surface area contributed by atoms with Crippen LogP contribution in [0.4, 0.5) is 10.1 Å². The molecule has 3 N–H and O–H groups in total. The summed E-state index contributed by atoms with van der Waals surface area (Å²) in [6.07, 6.45) is 0. The fourth-order valence-electron chi connectivity index (χ4n) is 0.906. The molecule has 1 unspecified atom stereocenters. The summed E-state index contributed by atoms with van der Waals surface area (Å²) in [5.74, 6) is -0.714. The Hall–Kier alpha value is -1.42. The van der Waals surface area contributed by atoms with E-state index >= 15 is 0 Å². The van der Waals surface area contributed by atoms with Crippen molar-refractivity contribution in [3.63, 3.8) is 0 Å². The van der Waals surface area contributed by atoms with Crippen molar-refractivity contribution in [3.8, 4) is 0 Å². The summed E-state index contributed by atoms with van der Waals surface area (Å²) >= 11 is 0. The molecule has 1 amide bonds. The van der Waals surface area contributed by atoms with Crippen LogP contribution in [0.1, 0.15) is 6.92 Å². The quantitative estimate of drug-likeness (QED) is 0.766. The van der Waals surface area contributed by atoms with Crippen LogP contribution in [0.3, 0.4) is 0 Å². The molecule has 0 aromatic heterocycles. The number of hydrogen-bond donors (Lipinski definition) is 2. The minimum Gasteiger partial charge on any atom is -0.330 e. The van der Waals surface area contributed by atoms with Crippen LogP contribution in [0, 0.1) is 11.7 Å². The van der Waals surface area contributed by atoms with E-state index in [9.17, 15) is 9.18 Å². The van der Waals surface area contributed by atoms with E-state index in [2.05, 4.69) is 5.32 Å². The Morgan fingerprint density at radius 3 is 2.57 bits per heavy atom. The average Bonchev–Trinajstić information content (AvgIpc) is 2.20. The summed E-state index contributed by atoms with van der Waals surface area (Å²) < 4.78 is 12.5. The van der Waals surface area contributed by atoms with E-state index in [1.54, 1.807) is 6.92 Å². The number of anilines is 1. The van der Waals surface area contributed by atoms with Crippen LogP contribution in [0.2, 0.25) is 0 Å². The zero-order valence-electron chi connectivity index (χ0n) is 7.96. The standard InChI is InChI=1S/C10H13FN2O/c1-7(6-12)10(14)13-9-4-2-8(11)3-5-9/h2-5,7H,6,12H2,1H3,(H,13,14). The summed E-state index contributed by atoms with van der Waals surface area (Å²) in [4.78, 5) is 11.3. The van der Waals surface area contributed by atoms with Gasteiger partial charge in [-0.15, -0.1) is 0 Å². The number of nitrogens with one attached hydrogen (secondary N) is 1. The highest BCUT2D eigenvalue weighted by Crippen LogP contribution is 2.09. The zero-order valence-corrected chi connectivity index (χ0v) is 7.96. The lowest BCUT2D eigenvalue weighted by Crippen LogP contribution is -2.26. The number of amides is 1. The maximum atomic E-state index is 12.5. The monoisotopic (exact) mass is 196 g/mol. The van der Waals surface area contributed by atoms with Gasteiger partial charge in [0, 0.05) is 18.2 Å². The highest BCUT2D eigenvalue weighted by molar-refractivity contribution is 5.92. The van der Waals surface area contributed by atoms with Gasteiger partial charge >= 0.3 is 0 Å². The lowest BCUT2D eigenvalue weighted by molar-refractivity contribution is -0.119. The van der Waals surface area contributed by atoms with Crippen molar-refractivity contribution >= 4 is 11.6 Å². The molecule has 1 aromatic carbocycles. The van der Waals surface area contributed by atoms with E-state index in [1.807, 2.05) is 0 Å². The van der Waals surface area contributed by atoms with Gasteiger partial charge in [0.25, 0.3) is 0 Å². The molecule has 0 aliphatic carbocycles. The summed E-state index contributed by atoms with van der Waals surface area (Å²) in [5.41, 5.74) is 5.91. The van der Waals surface area contributed by atoms with Crippen LogP contribution in [0.5, 0.6) is 0 Å². The number of halogens is 1. The van der Waals surface area contributed by atoms with Gasteiger partial charge in [-0.3, -0.25) is 4.79 Å². The lowest BCUT2D eigenvalue weighted by atomic mass is 10.1. The van der Waals surface area contributed by atoms with Gasteiger partial charge in [-0.25, -0.2) is 4.39 Å². The molecule has 0 fully saturated rings. The number of benzene rings is 1. The van der Waals surface area contributed by atoms with E-state index in [4.69, 9.17) is 5.73 Å². The van der Waals surface area contributed by atoms with Crippen LogP contribution in [-0.4, -0.2) is 12.5 Å². The van der Waals surface area contributed by atoms with Gasteiger partial charge in [-0.2, -0.15) is 0 Å². The van der Waals surface area contributed by atoms with Crippen molar-refractivity contribution in [1.29, 1.82) is 0 Å². The first-order valence-corrected chi connectivity index (χ1v) is 4.40. The maximum Gasteiger partial charge on any atom is 0.228 e. The number of nitrogens with two attached hydrogens (primary N) is 1. The third-order valence-electron chi connectivity index (χ3n) is 1.91. The first-order chi connectivity index (χ1) is 6.63. The Balaban J connectivity index is 2.60. The first-order valence-electron chi connectivity index (χ1n) is 4.40. The van der Waals surface area contributed by atoms with E-state index in [0.717, 1.165) is 0 Å². The van der Waals surface area contributed by atoms with Crippen LogP contribution in [-0.2, 0) is 4.79 Å². The van der Waals surface area contributed by atoms with Crippen molar-refractivity contribution in [2.45, 2.75) is 6.92 Å². The third kappa shape index (κ3) is 2.81. The Morgan fingerprint density at radius 2 is 2.07 bits per heavy atom.